The highest BCUT2D eigenvalue weighted by Crippen LogP contribution is 2.22. The molecule has 0 aliphatic heterocycles. The number of aliphatic carboxylic acids is 1. The average Bonchev–Trinajstić information content (AvgIpc) is 2.63. The Hall–Kier alpha value is -0.830. The van der Waals surface area contributed by atoms with Gasteiger partial charge in [-0.3, -0.25) is 0 Å². The Bertz CT molecular complexity index is 413. The van der Waals surface area contributed by atoms with E-state index in [9.17, 15) is 9.90 Å². The van der Waals surface area contributed by atoms with E-state index >= 15 is 0 Å². The minimum absolute atomic E-state index is 0.549. The summed E-state index contributed by atoms with van der Waals surface area (Å²) in [5, 5.41) is 9.40. The van der Waals surface area contributed by atoms with Gasteiger partial charge in [-0.2, -0.15) is 0 Å². The third kappa shape index (κ3) is 12.6. The lowest BCUT2D eigenvalue weighted by Gasteiger charge is -2.41. The molecule has 0 aromatic rings. The van der Waals surface area contributed by atoms with Crippen molar-refractivity contribution in [3.63, 3.8) is 0 Å². The van der Waals surface area contributed by atoms with Crippen LogP contribution in [0.25, 0.3) is 0 Å². The molecule has 166 valence electrons. The van der Waals surface area contributed by atoms with Gasteiger partial charge in [0.25, 0.3) is 0 Å². The highest BCUT2D eigenvalue weighted by Gasteiger charge is 2.43. The van der Waals surface area contributed by atoms with E-state index in [-0.39, 0.29) is 0 Å². The van der Waals surface area contributed by atoms with Crippen LogP contribution in [0.5, 0.6) is 0 Å². The molecular formula is C25H50NO2+. The fourth-order valence-corrected chi connectivity index (χ4v) is 3.47. The van der Waals surface area contributed by atoms with Crippen LogP contribution in [0.4, 0.5) is 0 Å². The zero-order valence-electron chi connectivity index (χ0n) is 19.8. The number of quaternary nitrogens is 1. The van der Waals surface area contributed by atoms with Crippen molar-refractivity contribution < 1.29 is 14.4 Å². The standard InChI is InChI=1S/C25H49NO2/c1-6-7-8-9-10-11-12-13-14-15-16-17-18-19-20-21-22-23-26(4,5)25(2,3)24(27)28/h13-14H,6-12,15-23H2,1-5H3/p+1/b14-13-. The Labute approximate surface area is 176 Å². The van der Waals surface area contributed by atoms with Crippen LogP contribution in [0.2, 0.25) is 0 Å². The van der Waals surface area contributed by atoms with Gasteiger partial charge in [0, 0.05) is 13.8 Å². The SMILES string of the molecule is CCCCCCCC/C=C\CCCCCCCCC[N+](C)(C)C(C)(C)C(=O)O. The summed E-state index contributed by atoms with van der Waals surface area (Å²) >= 11 is 0. The molecule has 28 heavy (non-hydrogen) atoms. The van der Waals surface area contributed by atoms with Gasteiger partial charge < -0.3 is 9.59 Å². The van der Waals surface area contributed by atoms with Crippen molar-refractivity contribution in [1.29, 1.82) is 0 Å². The van der Waals surface area contributed by atoms with Crippen LogP contribution >= 0.6 is 0 Å². The van der Waals surface area contributed by atoms with Gasteiger partial charge in [-0.1, -0.05) is 76.9 Å². The number of carboxylic acids is 1. The molecule has 0 radical (unpaired) electrons. The Morgan fingerprint density at radius 1 is 0.750 bits per heavy atom. The van der Waals surface area contributed by atoms with Crippen molar-refractivity contribution in [2.24, 2.45) is 0 Å². The first-order chi connectivity index (χ1) is 13.3. The lowest BCUT2D eigenvalue weighted by molar-refractivity contribution is -0.928. The molecule has 0 spiro atoms. The van der Waals surface area contributed by atoms with Crippen LogP contribution in [-0.4, -0.2) is 41.7 Å². The predicted octanol–water partition coefficient (Wildman–Crippen LogP) is 7.35. The Kier molecular flexibility index (Phi) is 15.5. The normalized spacial score (nSPS) is 12.8. The number of unbranched alkanes of at least 4 members (excludes halogenated alkanes) is 13. The second-order valence-corrected chi connectivity index (χ2v) is 9.56. The predicted molar refractivity (Wildman–Crippen MR) is 123 cm³/mol. The average molecular weight is 397 g/mol. The summed E-state index contributed by atoms with van der Waals surface area (Å²) in [4.78, 5) is 11.4. The number of allylic oxidation sites excluding steroid dienone is 2. The first-order valence-electron chi connectivity index (χ1n) is 12.0. The number of nitrogens with zero attached hydrogens (tertiary/aromatic N) is 1. The van der Waals surface area contributed by atoms with E-state index in [2.05, 4.69) is 19.1 Å². The molecular weight excluding hydrogens is 346 g/mol. The molecule has 0 heterocycles. The molecule has 0 rings (SSSR count). The molecule has 0 unspecified atom stereocenters. The number of carbonyl (C=O) groups is 1. The third-order valence-electron chi connectivity index (χ3n) is 6.52. The summed E-state index contributed by atoms with van der Waals surface area (Å²) in [5.41, 5.74) is -0.720. The molecule has 0 aliphatic rings. The molecule has 0 atom stereocenters. The fourth-order valence-electron chi connectivity index (χ4n) is 3.47. The molecule has 1 N–H and O–H groups in total. The summed E-state index contributed by atoms with van der Waals surface area (Å²) < 4.78 is 0.549. The monoisotopic (exact) mass is 396 g/mol. The molecule has 3 nitrogen and oxygen atoms in total. The summed E-state index contributed by atoms with van der Waals surface area (Å²) in [5.74, 6) is -0.710. The summed E-state index contributed by atoms with van der Waals surface area (Å²) in [6.45, 7) is 6.87. The Morgan fingerprint density at radius 3 is 1.57 bits per heavy atom. The van der Waals surface area contributed by atoms with Crippen LogP contribution in [-0.2, 0) is 4.79 Å². The van der Waals surface area contributed by atoms with Crippen molar-refractivity contribution in [2.45, 2.75) is 123 Å². The van der Waals surface area contributed by atoms with E-state index in [0.717, 1.165) is 13.0 Å². The van der Waals surface area contributed by atoms with Gasteiger partial charge in [-0.25, -0.2) is 4.79 Å². The molecule has 0 saturated heterocycles. The molecule has 0 aromatic heterocycles. The Balaban J connectivity index is 3.47. The van der Waals surface area contributed by atoms with Crippen LogP contribution < -0.4 is 0 Å². The molecule has 0 fully saturated rings. The maximum absolute atomic E-state index is 11.4. The molecule has 0 saturated carbocycles. The quantitative estimate of drug-likeness (QED) is 0.141. The number of carboxylic acid groups (broad SMARTS) is 1. The molecule has 0 aromatic carbocycles. The van der Waals surface area contributed by atoms with E-state index in [1.54, 1.807) is 0 Å². The summed E-state index contributed by atoms with van der Waals surface area (Å²) in [6.07, 6.45) is 24.5. The lowest BCUT2D eigenvalue weighted by atomic mass is 9.99. The van der Waals surface area contributed by atoms with Crippen molar-refractivity contribution >= 4 is 5.97 Å². The minimum Gasteiger partial charge on any atom is -0.477 e. The van der Waals surface area contributed by atoms with Crippen LogP contribution in [0.15, 0.2) is 12.2 Å². The van der Waals surface area contributed by atoms with Gasteiger partial charge in [0.05, 0.1) is 20.6 Å². The third-order valence-corrected chi connectivity index (χ3v) is 6.52. The summed E-state index contributed by atoms with van der Waals surface area (Å²) in [7, 11) is 4.07. The van der Waals surface area contributed by atoms with E-state index in [0.29, 0.717) is 4.48 Å². The van der Waals surface area contributed by atoms with Gasteiger partial charge in [0.1, 0.15) is 0 Å². The van der Waals surface area contributed by atoms with Gasteiger partial charge in [-0.15, -0.1) is 0 Å². The van der Waals surface area contributed by atoms with Gasteiger partial charge in [-0.05, 0) is 38.5 Å². The van der Waals surface area contributed by atoms with Gasteiger partial charge in [0.15, 0.2) is 5.54 Å². The highest BCUT2D eigenvalue weighted by molar-refractivity contribution is 5.76. The zero-order chi connectivity index (χ0) is 21.3. The van der Waals surface area contributed by atoms with Crippen molar-refractivity contribution in [3.8, 4) is 0 Å². The van der Waals surface area contributed by atoms with Gasteiger partial charge >= 0.3 is 5.97 Å². The molecule has 0 bridgehead atoms. The maximum atomic E-state index is 11.4. The number of likely N-dealkylation sites (N-methyl/N-ethyl adjacent to an activating group) is 1. The van der Waals surface area contributed by atoms with E-state index in [1.165, 1.54) is 89.9 Å². The first kappa shape index (κ1) is 27.2. The smallest absolute Gasteiger partial charge is 0.365 e. The summed E-state index contributed by atoms with van der Waals surface area (Å²) in [6, 6.07) is 0. The Morgan fingerprint density at radius 2 is 1.14 bits per heavy atom. The maximum Gasteiger partial charge on any atom is 0.365 e. The topological polar surface area (TPSA) is 37.3 Å². The van der Waals surface area contributed by atoms with Crippen LogP contribution in [0, 0.1) is 0 Å². The number of hydrogen-bond donors (Lipinski definition) is 1. The minimum atomic E-state index is -0.720. The lowest BCUT2D eigenvalue weighted by Crippen LogP contribution is -2.60. The van der Waals surface area contributed by atoms with Crippen molar-refractivity contribution in [3.05, 3.63) is 12.2 Å². The number of hydrogen-bond acceptors (Lipinski definition) is 1. The first-order valence-corrected chi connectivity index (χ1v) is 12.0. The van der Waals surface area contributed by atoms with Crippen LogP contribution in [0.1, 0.15) is 117 Å². The van der Waals surface area contributed by atoms with Gasteiger partial charge in [0.2, 0.25) is 0 Å². The van der Waals surface area contributed by atoms with Crippen molar-refractivity contribution in [1.82, 2.24) is 0 Å². The molecule has 0 amide bonds. The molecule has 3 heteroatoms. The van der Waals surface area contributed by atoms with E-state index in [4.69, 9.17) is 0 Å². The van der Waals surface area contributed by atoms with Crippen molar-refractivity contribution in [2.75, 3.05) is 20.6 Å². The zero-order valence-corrected chi connectivity index (χ0v) is 19.8. The number of rotatable bonds is 19. The second kappa shape index (κ2) is 16.0. The largest absolute Gasteiger partial charge is 0.477 e. The fraction of sp³-hybridized carbons (Fsp3) is 0.880. The van der Waals surface area contributed by atoms with E-state index < -0.39 is 11.5 Å². The second-order valence-electron chi connectivity index (χ2n) is 9.56. The van der Waals surface area contributed by atoms with Crippen LogP contribution in [0.3, 0.4) is 0 Å². The highest BCUT2D eigenvalue weighted by atomic mass is 16.4. The van der Waals surface area contributed by atoms with E-state index in [1.807, 2.05) is 27.9 Å². The molecule has 0 aliphatic carbocycles.